The van der Waals surface area contributed by atoms with Gasteiger partial charge in [0.25, 0.3) is 0 Å². The topological polar surface area (TPSA) is 45.4 Å². The molecular weight excluding hydrogens is 166 g/mol. The van der Waals surface area contributed by atoms with Crippen molar-refractivity contribution in [3.8, 4) is 0 Å². The molecule has 0 aromatic carbocycles. The molecule has 62 valence electrons. The molecule has 0 saturated heterocycles. The average Bonchev–Trinajstić information content (AvgIpc) is 2.39. The first-order valence-electron chi connectivity index (χ1n) is 3.31. The summed E-state index contributed by atoms with van der Waals surface area (Å²) in [6, 6.07) is 3.22. The van der Waals surface area contributed by atoms with Gasteiger partial charge in [-0.15, -0.1) is 0 Å². The van der Waals surface area contributed by atoms with Crippen molar-refractivity contribution in [1.29, 1.82) is 0 Å². The van der Waals surface area contributed by atoms with Crippen molar-refractivity contribution in [1.82, 2.24) is 5.32 Å². The van der Waals surface area contributed by atoms with Crippen LogP contribution in [-0.4, -0.2) is 18.8 Å². The fraction of sp³-hybridized carbons (Fsp3) is 0.429. The summed E-state index contributed by atoms with van der Waals surface area (Å²) in [5, 5.41) is 12.0. The summed E-state index contributed by atoms with van der Waals surface area (Å²) >= 11 is 5.54. The predicted molar refractivity (Wildman–Crippen MR) is 42.6 cm³/mol. The van der Waals surface area contributed by atoms with Crippen molar-refractivity contribution in [3.63, 3.8) is 0 Å². The molecule has 0 spiro atoms. The second-order valence-corrected chi connectivity index (χ2v) is 2.54. The van der Waals surface area contributed by atoms with E-state index in [4.69, 9.17) is 21.1 Å². The van der Waals surface area contributed by atoms with Gasteiger partial charge >= 0.3 is 0 Å². The van der Waals surface area contributed by atoms with Crippen LogP contribution in [0.15, 0.2) is 16.5 Å². The molecule has 0 aliphatic heterocycles. The highest BCUT2D eigenvalue weighted by atomic mass is 35.5. The lowest BCUT2D eigenvalue weighted by molar-refractivity contribution is 0.233. The highest BCUT2D eigenvalue weighted by Gasteiger charge is 2.10. The van der Waals surface area contributed by atoms with E-state index in [1.165, 1.54) is 0 Å². The third kappa shape index (κ3) is 1.96. The standard InChI is InChI=1S/C7H10ClNO2/c1-9-5(4-10)6-2-3-7(8)11-6/h2-3,5,9-10H,4H2,1H3. The number of aliphatic hydroxyl groups is 1. The zero-order valence-electron chi connectivity index (χ0n) is 6.17. The first-order chi connectivity index (χ1) is 5.27. The van der Waals surface area contributed by atoms with Gasteiger partial charge in [0.2, 0.25) is 0 Å². The molecule has 1 atom stereocenters. The molecule has 0 aliphatic carbocycles. The van der Waals surface area contributed by atoms with Crippen LogP contribution in [0.4, 0.5) is 0 Å². The van der Waals surface area contributed by atoms with Gasteiger partial charge in [0, 0.05) is 0 Å². The minimum absolute atomic E-state index is 0.000340. The smallest absolute Gasteiger partial charge is 0.193 e. The Morgan fingerprint density at radius 2 is 2.45 bits per heavy atom. The lowest BCUT2D eigenvalue weighted by Gasteiger charge is -2.08. The SMILES string of the molecule is CNC(CO)c1ccc(Cl)o1. The Kier molecular flexibility index (Phi) is 2.93. The van der Waals surface area contributed by atoms with Crippen molar-refractivity contribution in [2.45, 2.75) is 6.04 Å². The quantitative estimate of drug-likeness (QED) is 0.726. The third-order valence-corrected chi connectivity index (χ3v) is 1.67. The summed E-state index contributed by atoms with van der Waals surface area (Å²) in [6.07, 6.45) is 0. The van der Waals surface area contributed by atoms with E-state index in [-0.39, 0.29) is 12.6 Å². The van der Waals surface area contributed by atoms with Gasteiger partial charge in [0.05, 0.1) is 12.6 Å². The molecule has 0 bridgehead atoms. The summed E-state index contributed by atoms with van der Waals surface area (Å²) in [4.78, 5) is 0. The van der Waals surface area contributed by atoms with E-state index < -0.39 is 0 Å². The van der Waals surface area contributed by atoms with Crippen LogP contribution >= 0.6 is 11.6 Å². The van der Waals surface area contributed by atoms with E-state index in [1.54, 1.807) is 19.2 Å². The zero-order valence-corrected chi connectivity index (χ0v) is 6.93. The first-order valence-corrected chi connectivity index (χ1v) is 3.69. The van der Waals surface area contributed by atoms with Crippen LogP contribution in [-0.2, 0) is 0 Å². The van der Waals surface area contributed by atoms with Crippen LogP contribution in [0.3, 0.4) is 0 Å². The number of nitrogens with one attached hydrogen (secondary N) is 1. The number of rotatable bonds is 3. The normalized spacial score (nSPS) is 13.4. The number of hydrogen-bond donors (Lipinski definition) is 2. The molecular formula is C7H10ClNO2. The number of likely N-dealkylation sites (N-methyl/N-ethyl adjacent to an activating group) is 1. The lowest BCUT2D eigenvalue weighted by atomic mass is 10.2. The number of hydrogen-bond acceptors (Lipinski definition) is 3. The highest BCUT2D eigenvalue weighted by molar-refractivity contribution is 6.28. The van der Waals surface area contributed by atoms with E-state index in [2.05, 4.69) is 5.32 Å². The Morgan fingerprint density at radius 1 is 1.73 bits per heavy atom. The van der Waals surface area contributed by atoms with E-state index in [0.29, 0.717) is 11.0 Å². The fourth-order valence-electron chi connectivity index (χ4n) is 0.839. The molecule has 1 aromatic rings. The maximum absolute atomic E-state index is 8.82. The molecule has 1 rings (SSSR count). The van der Waals surface area contributed by atoms with E-state index >= 15 is 0 Å². The Balaban J connectivity index is 2.73. The zero-order chi connectivity index (χ0) is 8.27. The van der Waals surface area contributed by atoms with Crippen molar-refractivity contribution < 1.29 is 9.52 Å². The Hall–Kier alpha value is -0.510. The fourth-order valence-corrected chi connectivity index (χ4v) is 0.991. The van der Waals surface area contributed by atoms with Crippen molar-refractivity contribution in [3.05, 3.63) is 23.1 Å². The summed E-state index contributed by atoms with van der Waals surface area (Å²) in [5.74, 6) is 0.653. The predicted octanol–water partition coefficient (Wildman–Crippen LogP) is 1.19. The van der Waals surface area contributed by atoms with Crippen molar-refractivity contribution >= 4 is 11.6 Å². The molecule has 1 aromatic heterocycles. The summed E-state index contributed by atoms with van der Waals surface area (Å²) in [6.45, 7) is 0.000340. The summed E-state index contributed by atoms with van der Waals surface area (Å²) < 4.78 is 5.07. The van der Waals surface area contributed by atoms with Crippen LogP contribution < -0.4 is 5.32 Å². The molecule has 0 aliphatic rings. The Bertz CT molecular complexity index is 220. The van der Waals surface area contributed by atoms with Gasteiger partial charge in [-0.05, 0) is 30.8 Å². The molecule has 0 fully saturated rings. The van der Waals surface area contributed by atoms with Crippen LogP contribution in [0.25, 0.3) is 0 Å². The second-order valence-electron chi connectivity index (χ2n) is 2.17. The minimum Gasteiger partial charge on any atom is -0.448 e. The lowest BCUT2D eigenvalue weighted by Crippen LogP contribution is -2.19. The van der Waals surface area contributed by atoms with Crippen LogP contribution in [0.2, 0.25) is 5.22 Å². The van der Waals surface area contributed by atoms with Crippen LogP contribution in [0, 0.1) is 0 Å². The molecule has 0 saturated carbocycles. The molecule has 3 nitrogen and oxygen atoms in total. The van der Waals surface area contributed by atoms with Crippen LogP contribution in [0.1, 0.15) is 11.8 Å². The molecule has 0 radical (unpaired) electrons. The Labute approximate surface area is 70.0 Å². The van der Waals surface area contributed by atoms with Gasteiger partial charge in [0.1, 0.15) is 5.76 Å². The minimum atomic E-state index is -0.164. The molecule has 1 unspecified atom stereocenters. The maximum Gasteiger partial charge on any atom is 0.193 e. The van der Waals surface area contributed by atoms with Gasteiger partial charge in [-0.2, -0.15) is 0 Å². The van der Waals surface area contributed by atoms with Crippen LogP contribution in [0.5, 0.6) is 0 Å². The molecule has 1 heterocycles. The third-order valence-electron chi connectivity index (χ3n) is 1.47. The molecule has 11 heavy (non-hydrogen) atoms. The van der Waals surface area contributed by atoms with Gasteiger partial charge in [-0.3, -0.25) is 0 Å². The van der Waals surface area contributed by atoms with Crippen molar-refractivity contribution in [2.24, 2.45) is 0 Å². The number of halogens is 1. The highest BCUT2D eigenvalue weighted by Crippen LogP contribution is 2.18. The van der Waals surface area contributed by atoms with Gasteiger partial charge < -0.3 is 14.8 Å². The molecule has 0 amide bonds. The number of aliphatic hydroxyl groups excluding tert-OH is 1. The summed E-state index contributed by atoms with van der Waals surface area (Å²) in [7, 11) is 1.75. The van der Waals surface area contributed by atoms with Gasteiger partial charge in [0.15, 0.2) is 5.22 Å². The average molecular weight is 176 g/mol. The monoisotopic (exact) mass is 175 g/mol. The van der Waals surface area contributed by atoms with E-state index in [1.807, 2.05) is 0 Å². The molecule has 2 N–H and O–H groups in total. The first kappa shape index (κ1) is 8.59. The maximum atomic E-state index is 8.82. The van der Waals surface area contributed by atoms with E-state index in [9.17, 15) is 0 Å². The van der Waals surface area contributed by atoms with Gasteiger partial charge in [-0.1, -0.05) is 0 Å². The largest absolute Gasteiger partial charge is 0.448 e. The summed E-state index contributed by atoms with van der Waals surface area (Å²) in [5.41, 5.74) is 0. The number of furan rings is 1. The van der Waals surface area contributed by atoms with Gasteiger partial charge in [-0.25, -0.2) is 0 Å². The van der Waals surface area contributed by atoms with E-state index in [0.717, 1.165) is 0 Å². The second kappa shape index (κ2) is 3.76. The Morgan fingerprint density at radius 3 is 2.82 bits per heavy atom. The van der Waals surface area contributed by atoms with Crippen molar-refractivity contribution in [2.75, 3.05) is 13.7 Å². The molecule has 4 heteroatoms.